The highest BCUT2D eigenvalue weighted by atomic mass is 79.9. The molecule has 0 radical (unpaired) electrons. The summed E-state index contributed by atoms with van der Waals surface area (Å²) in [6.07, 6.45) is 4.64. The summed E-state index contributed by atoms with van der Waals surface area (Å²) >= 11 is 4.90. The average Bonchev–Trinajstić information content (AvgIpc) is 2.70. The number of carbonyl (C=O) groups excluding carboxylic acids is 1. The van der Waals surface area contributed by atoms with Crippen LogP contribution in [0.1, 0.15) is 41.2 Å². The Labute approximate surface area is 109 Å². The highest BCUT2D eigenvalue weighted by molar-refractivity contribution is 9.09. The maximum Gasteiger partial charge on any atom is 0.270 e. The summed E-state index contributed by atoms with van der Waals surface area (Å²) in [5.74, 6) is -0.0511. The molecule has 0 unspecified atom stereocenters. The van der Waals surface area contributed by atoms with Crippen molar-refractivity contribution in [1.29, 1.82) is 0 Å². The van der Waals surface area contributed by atoms with Crippen LogP contribution >= 0.6 is 27.3 Å². The zero-order chi connectivity index (χ0) is 11.8. The quantitative estimate of drug-likeness (QED) is 0.621. The normalized spacial score (nSPS) is 10.4. The van der Waals surface area contributed by atoms with Crippen LogP contribution in [0.4, 0.5) is 0 Å². The summed E-state index contributed by atoms with van der Waals surface area (Å²) in [5.41, 5.74) is 0.544. The first-order valence-corrected chi connectivity index (χ1v) is 7.50. The van der Waals surface area contributed by atoms with Crippen molar-refractivity contribution < 1.29 is 4.79 Å². The average molecular weight is 305 g/mol. The van der Waals surface area contributed by atoms with Gasteiger partial charge in [0.25, 0.3) is 5.91 Å². The van der Waals surface area contributed by atoms with E-state index in [2.05, 4.69) is 26.2 Å². The van der Waals surface area contributed by atoms with E-state index >= 15 is 0 Å². The molecule has 0 aliphatic rings. The Kier molecular flexibility index (Phi) is 6.64. The monoisotopic (exact) mass is 304 g/mol. The molecule has 1 N–H and O–H groups in total. The number of hydrogen-bond acceptors (Lipinski definition) is 3. The summed E-state index contributed by atoms with van der Waals surface area (Å²) < 4.78 is 0. The molecule has 3 nitrogen and oxygen atoms in total. The molecule has 0 bridgehead atoms. The minimum absolute atomic E-state index is 0.0511. The maximum atomic E-state index is 11.6. The standard InChI is InChI=1S/C11H17BrN2OS/c1-9-14-10(8-16-9)11(15)13-7-5-3-2-4-6-12/h8H,2-7H2,1H3,(H,13,15). The fraction of sp³-hybridized carbons (Fsp3) is 0.636. The van der Waals surface area contributed by atoms with Crippen LogP contribution in [0.2, 0.25) is 0 Å². The minimum atomic E-state index is -0.0511. The van der Waals surface area contributed by atoms with Gasteiger partial charge in [0.05, 0.1) is 5.01 Å². The predicted molar refractivity (Wildman–Crippen MR) is 71.4 cm³/mol. The van der Waals surface area contributed by atoms with Crippen molar-refractivity contribution in [2.45, 2.75) is 32.6 Å². The van der Waals surface area contributed by atoms with Gasteiger partial charge in [-0.3, -0.25) is 4.79 Å². The second kappa shape index (κ2) is 7.79. The van der Waals surface area contributed by atoms with Crippen LogP contribution in [-0.2, 0) is 0 Å². The van der Waals surface area contributed by atoms with E-state index in [1.54, 1.807) is 5.38 Å². The van der Waals surface area contributed by atoms with E-state index in [1.165, 1.54) is 30.6 Å². The van der Waals surface area contributed by atoms with Gasteiger partial charge >= 0.3 is 0 Å². The fourth-order valence-corrected chi connectivity index (χ4v) is 2.32. The van der Waals surface area contributed by atoms with Gasteiger partial charge < -0.3 is 5.32 Å². The molecule has 90 valence electrons. The zero-order valence-electron chi connectivity index (χ0n) is 9.46. The molecule has 0 saturated heterocycles. The summed E-state index contributed by atoms with van der Waals surface area (Å²) in [4.78, 5) is 15.7. The van der Waals surface area contributed by atoms with E-state index in [9.17, 15) is 4.79 Å². The molecular weight excluding hydrogens is 288 g/mol. The predicted octanol–water partition coefficient (Wildman–Crippen LogP) is 3.14. The molecule has 1 heterocycles. The van der Waals surface area contributed by atoms with Crippen LogP contribution in [0.25, 0.3) is 0 Å². The first kappa shape index (κ1) is 13.6. The van der Waals surface area contributed by atoms with Gasteiger partial charge in [0.2, 0.25) is 0 Å². The van der Waals surface area contributed by atoms with Crippen LogP contribution < -0.4 is 5.32 Å². The lowest BCUT2D eigenvalue weighted by Crippen LogP contribution is -2.24. The van der Waals surface area contributed by atoms with Gasteiger partial charge in [0, 0.05) is 17.3 Å². The molecule has 5 heteroatoms. The van der Waals surface area contributed by atoms with Gasteiger partial charge in [0.1, 0.15) is 5.69 Å². The first-order valence-electron chi connectivity index (χ1n) is 5.50. The zero-order valence-corrected chi connectivity index (χ0v) is 11.9. The SMILES string of the molecule is Cc1nc(C(=O)NCCCCCCBr)cs1. The number of thiazole rings is 1. The topological polar surface area (TPSA) is 42.0 Å². The van der Waals surface area contributed by atoms with Gasteiger partial charge in [-0.15, -0.1) is 11.3 Å². The lowest BCUT2D eigenvalue weighted by Gasteiger charge is -2.02. The Morgan fingerprint density at radius 2 is 2.19 bits per heavy atom. The second-order valence-electron chi connectivity index (χ2n) is 3.61. The number of nitrogens with zero attached hydrogens (tertiary/aromatic N) is 1. The van der Waals surface area contributed by atoms with E-state index < -0.39 is 0 Å². The number of halogens is 1. The third-order valence-corrected chi connectivity index (χ3v) is 3.53. The third kappa shape index (κ3) is 5.07. The number of hydrogen-bond donors (Lipinski definition) is 1. The molecular formula is C11H17BrN2OS. The van der Waals surface area contributed by atoms with Crippen LogP contribution in [0.15, 0.2) is 5.38 Å². The number of rotatable bonds is 7. The molecule has 0 saturated carbocycles. The van der Waals surface area contributed by atoms with E-state index in [1.807, 2.05) is 6.92 Å². The number of aromatic nitrogens is 1. The van der Waals surface area contributed by atoms with Crippen molar-refractivity contribution in [2.75, 3.05) is 11.9 Å². The van der Waals surface area contributed by atoms with E-state index in [0.717, 1.165) is 23.3 Å². The molecule has 1 rings (SSSR count). The Bertz CT molecular complexity index is 328. The van der Waals surface area contributed by atoms with Crippen molar-refractivity contribution >= 4 is 33.2 Å². The third-order valence-electron chi connectivity index (χ3n) is 2.20. The number of carbonyl (C=O) groups is 1. The van der Waals surface area contributed by atoms with Crippen molar-refractivity contribution in [3.05, 3.63) is 16.1 Å². The molecule has 0 spiro atoms. The highest BCUT2D eigenvalue weighted by Gasteiger charge is 2.07. The van der Waals surface area contributed by atoms with Crippen LogP contribution in [0.5, 0.6) is 0 Å². The van der Waals surface area contributed by atoms with Gasteiger partial charge in [-0.05, 0) is 19.8 Å². The molecule has 16 heavy (non-hydrogen) atoms. The van der Waals surface area contributed by atoms with Gasteiger partial charge in [-0.25, -0.2) is 4.98 Å². The molecule has 1 aromatic rings. The molecule has 1 amide bonds. The lowest BCUT2D eigenvalue weighted by molar-refractivity contribution is 0.0948. The smallest absolute Gasteiger partial charge is 0.270 e. The van der Waals surface area contributed by atoms with E-state index in [0.29, 0.717) is 5.69 Å². The summed E-state index contributed by atoms with van der Waals surface area (Å²) in [7, 11) is 0. The number of alkyl halides is 1. The van der Waals surface area contributed by atoms with Crippen molar-refractivity contribution in [2.24, 2.45) is 0 Å². The number of amides is 1. The molecule has 0 fully saturated rings. The van der Waals surface area contributed by atoms with Gasteiger partial charge in [0.15, 0.2) is 0 Å². The van der Waals surface area contributed by atoms with Gasteiger partial charge in [-0.2, -0.15) is 0 Å². The Morgan fingerprint density at radius 1 is 1.44 bits per heavy atom. The molecule has 0 aromatic carbocycles. The van der Waals surface area contributed by atoms with E-state index in [4.69, 9.17) is 0 Å². The molecule has 1 aromatic heterocycles. The number of unbranched alkanes of at least 4 members (excludes halogenated alkanes) is 3. The van der Waals surface area contributed by atoms with Gasteiger partial charge in [-0.1, -0.05) is 28.8 Å². The molecule has 0 aliphatic carbocycles. The maximum absolute atomic E-state index is 11.6. The summed E-state index contributed by atoms with van der Waals surface area (Å²) in [6, 6.07) is 0. The first-order chi connectivity index (χ1) is 7.74. The fourth-order valence-electron chi connectivity index (χ4n) is 1.33. The Balaban J connectivity index is 2.11. The van der Waals surface area contributed by atoms with Crippen LogP contribution in [-0.4, -0.2) is 22.8 Å². The number of aryl methyl sites for hydroxylation is 1. The largest absolute Gasteiger partial charge is 0.351 e. The Morgan fingerprint density at radius 3 is 2.81 bits per heavy atom. The lowest BCUT2D eigenvalue weighted by atomic mass is 10.2. The highest BCUT2D eigenvalue weighted by Crippen LogP contribution is 2.07. The second-order valence-corrected chi connectivity index (χ2v) is 5.47. The van der Waals surface area contributed by atoms with Crippen molar-refractivity contribution in [3.63, 3.8) is 0 Å². The summed E-state index contributed by atoms with van der Waals surface area (Å²) in [6.45, 7) is 2.65. The van der Waals surface area contributed by atoms with Crippen LogP contribution in [0.3, 0.4) is 0 Å². The van der Waals surface area contributed by atoms with Crippen molar-refractivity contribution in [1.82, 2.24) is 10.3 Å². The Hall–Kier alpha value is -0.420. The molecule has 0 aliphatic heterocycles. The minimum Gasteiger partial charge on any atom is -0.351 e. The number of nitrogens with one attached hydrogen (secondary N) is 1. The van der Waals surface area contributed by atoms with E-state index in [-0.39, 0.29) is 5.91 Å². The van der Waals surface area contributed by atoms with Crippen LogP contribution in [0, 0.1) is 6.92 Å². The van der Waals surface area contributed by atoms with Crippen molar-refractivity contribution in [3.8, 4) is 0 Å². The molecule has 0 atom stereocenters. The summed E-state index contributed by atoms with van der Waals surface area (Å²) in [5, 5.41) is 6.68.